The number of halogens is 1. The van der Waals surface area contributed by atoms with E-state index in [0.717, 1.165) is 5.56 Å². The Morgan fingerprint density at radius 3 is 2.50 bits per heavy atom. The number of nitrogens with zero attached hydrogens (tertiary/aromatic N) is 1. The van der Waals surface area contributed by atoms with Gasteiger partial charge in [0.25, 0.3) is 0 Å². The van der Waals surface area contributed by atoms with E-state index < -0.39 is 12.1 Å². The van der Waals surface area contributed by atoms with Gasteiger partial charge in [-0.3, -0.25) is 14.5 Å². The second-order valence-electron chi connectivity index (χ2n) is 5.56. The van der Waals surface area contributed by atoms with Gasteiger partial charge in [-0.05, 0) is 37.5 Å². The number of benzene rings is 1. The number of anilines is 1. The third-order valence-corrected chi connectivity index (χ3v) is 3.99. The van der Waals surface area contributed by atoms with E-state index in [1.54, 1.807) is 17.9 Å². The summed E-state index contributed by atoms with van der Waals surface area (Å²) in [7, 11) is 0. The molecular formula is C15H19ClN2O2. The standard InChI is InChI=1S/C15H19ClN2O2/c1-8(2)13-14(19)17-10(4)15(20)18(13)11-6-5-9(3)12(16)7-11/h5-8,10,13H,1-4H3,(H,17,19). The molecule has 4 nitrogen and oxygen atoms in total. The maximum atomic E-state index is 12.5. The largest absolute Gasteiger partial charge is 0.343 e. The summed E-state index contributed by atoms with van der Waals surface area (Å²) in [5.41, 5.74) is 1.62. The average molecular weight is 295 g/mol. The van der Waals surface area contributed by atoms with Crippen LogP contribution < -0.4 is 10.2 Å². The molecule has 0 aliphatic carbocycles. The molecule has 0 aromatic heterocycles. The van der Waals surface area contributed by atoms with E-state index in [0.29, 0.717) is 10.7 Å². The fourth-order valence-electron chi connectivity index (χ4n) is 2.44. The second-order valence-corrected chi connectivity index (χ2v) is 5.97. The Morgan fingerprint density at radius 2 is 1.95 bits per heavy atom. The molecule has 0 bridgehead atoms. The number of hydrogen-bond acceptors (Lipinski definition) is 2. The van der Waals surface area contributed by atoms with Crippen LogP contribution in [0.3, 0.4) is 0 Å². The van der Waals surface area contributed by atoms with Crippen molar-refractivity contribution >= 4 is 29.1 Å². The Bertz CT molecular complexity index is 557. The molecule has 0 saturated carbocycles. The fourth-order valence-corrected chi connectivity index (χ4v) is 2.62. The normalized spacial score (nSPS) is 23.2. The lowest BCUT2D eigenvalue weighted by Gasteiger charge is -2.40. The SMILES string of the molecule is Cc1ccc(N2C(=O)C(C)NC(=O)C2C(C)C)cc1Cl. The first-order valence-corrected chi connectivity index (χ1v) is 7.10. The molecule has 1 aromatic rings. The number of piperazine rings is 1. The van der Waals surface area contributed by atoms with Crippen molar-refractivity contribution < 1.29 is 9.59 Å². The Kier molecular flexibility index (Phi) is 4.04. The van der Waals surface area contributed by atoms with Gasteiger partial charge in [0.1, 0.15) is 12.1 Å². The van der Waals surface area contributed by atoms with Crippen molar-refractivity contribution in [3.05, 3.63) is 28.8 Å². The van der Waals surface area contributed by atoms with Crippen molar-refractivity contribution in [3.8, 4) is 0 Å². The number of nitrogens with one attached hydrogen (secondary N) is 1. The molecule has 1 aliphatic heterocycles. The van der Waals surface area contributed by atoms with Gasteiger partial charge in [-0.15, -0.1) is 0 Å². The topological polar surface area (TPSA) is 49.4 Å². The van der Waals surface area contributed by atoms with Crippen LogP contribution in [0.4, 0.5) is 5.69 Å². The number of hydrogen-bond donors (Lipinski definition) is 1. The molecule has 1 saturated heterocycles. The van der Waals surface area contributed by atoms with Crippen LogP contribution in [0.15, 0.2) is 18.2 Å². The summed E-state index contributed by atoms with van der Waals surface area (Å²) in [4.78, 5) is 26.2. The lowest BCUT2D eigenvalue weighted by atomic mass is 9.96. The molecule has 0 spiro atoms. The summed E-state index contributed by atoms with van der Waals surface area (Å²) in [6.07, 6.45) is 0. The minimum Gasteiger partial charge on any atom is -0.343 e. The molecular weight excluding hydrogens is 276 g/mol. The van der Waals surface area contributed by atoms with Crippen LogP contribution in [0.2, 0.25) is 5.02 Å². The van der Waals surface area contributed by atoms with Crippen LogP contribution >= 0.6 is 11.6 Å². The van der Waals surface area contributed by atoms with Gasteiger partial charge < -0.3 is 5.32 Å². The van der Waals surface area contributed by atoms with E-state index in [4.69, 9.17) is 11.6 Å². The molecule has 1 aliphatic rings. The van der Waals surface area contributed by atoms with Crippen molar-refractivity contribution in [2.75, 3.05) is 4.90 Å². The Hall–Kier alpha value is -1.55. The van der Waals surface area contributed by atoms with Crippen molar-refractivity contribution in [2.24, 2.45) is 5.92 Å². The van der Waals surface area contributed by atoms with E-state index in [1.807, 2.05) is 32.9 Å². The van der Waals surface area contributed by atoms with Crippen molar-refractivity contribution in [2.45, 2.75) is 39.8 Å². The van der Waals surface area contributed by atoms with Crippen LogP contribution in [0.1, 0.15) is 26.3 Å². The Balaban J connectivity index is 2.49. The zero-order valence-electron chi connectivity index (χ0n) is 12.1. The van der Waals surface area contributed by atoms with Crippen LogP contribution in [-0.2, 0) is 9.59 Å². The molecule has 5 heteroatoms. The van der Waals surface area contributed by atoms with Crippen molar-refractivity contribution in [1.82, 2.24) is 5.32 Å². The molecule has 1 heterocycles. The number of rotatable bonds is 2. The summed E-state index contributed by atoms with van der Waals surface area (Å²) >= 11 is 6.14. The van der Waals surface area contributed by atoms with E-state index >= 15 is 0 Å². The summed E-state index contributed by atoms with van der Waals surface area (Å²) in [5, 5.41) is 3.32. The highest BCUT2D eigenvalue weighted by atomic mass is 35.5. The molecule has 1 N–H and O–H groups in total. The molecule has 1 aromatic carbocycles. The predicted molar refractivity (Wildman–Crippen MR) is 79.9 cm³/mol. The van der Waals surface area contributed by atoms with Gasteiger partial charge in [0.05, 0.1) is 0 Å². The quantitative estimate of drug-likeness (QED) is 0.911. The highest BCUT2D eigenvalue weighted by Gasteiger charge is 2.41. The monoisotopic (exact) mass is 294 g/mol. The third kappa shape index (κ3) is 2.52. The van der Waals surface area contributed by atoms with Gasteiger partial charge in [-0.1, -0.05) is 31.5 Å². The Labute approximate surface area is 124 Å². The van der Waals surface area contributed by atoms with Crippen LogP contribution in [0.5, 0.6) is 0 Å². The number of aryl methyl sites for hydroxylation is 1. The van der Waals surface area contributed by atoms with Gasteiger partial charge in [0.2, 0.25) is 11.8 Å². The van der Waals surface area contributed by atoms with Crippen molar-refractivity contribution in [1.29, 1.82) is 0 Å². The summed E-state index contributed by atoms with van der Waals surface area (Å²) in [6.45, 7) is 7.45. The smallest absolute Gasteiger partial charge is 0.250 e. The first kappa shape index (κ1) is 14.9. The summed E-state index contributed by atoms with van der Waals surface area (Å²) in [5.74, 6) is -0.210. The third-order valence-electron chi connectivity index (χ3n) is 3.58. The molecule has 0 radical (unpaired) electrons. The van der Waals surface area contributed by atoms with Gasteiger partial charge in [-0.2, -0.15) is 0 Å². The molecule has 2 unspecified atom stereocenters. The highest BCUT2D eigenvalue weighted by molar-refractivity contribution is 6.31. The number of amides is 2. The van der Waals surface area contributed by atoms with Crippen LogP contribution in [0, 0.1) is 12.8 Å². The van der Waals surface area contributed by atoms with E-state index in [9.17, 15) is 9.59 Å². The first-order chi connectivity index (χ1) is 9.32. The number of carbonyl (C=O) groups excluding carboxylic acids is 2. The lowest BCUT2D eigenvalue weighted by Crippen LogP contribution is -2.64. The molecule has 108 valence electrons. The average Bonchev–Trinajstić information content (AvgIpc) is 2.36. The highest BCUT2D eigenvalue weighted by Crippen LogP contribution is 2.29. The van der Waals surface area contributed by atoms with E-state index in [1.165, 1.54) is 0 Å². The zero-order valence-corrected chi connectivity index (χ0v) is 12.9. The predicted octanol–water partition coefficient (Wildman–Crippen LogP) is 2.52. The van der Waals surface area contributed by atoms with E-state index in [2.05, 4.69) is 5.32 Å². The van der Waals surface area contributed by atoms with Crippen LogP contribution in [0.25, 0.3) is 0 Å². The van der Waals surface area contributed by atoms with Crippen LogP contribution in [-0.4, -0.2) is 23.9 Å². The van der Waals surface area contributed by atoms with Gasteiger partial charge in [-0.25, -0.2) is 0 Å². The molecule has 2 amide bonds. The molecule has 2 atom stereocenters. The van der Waals surface area contributed by atoms with Gasteiger partial charge in [0.15, 0.2) is 0 Å². The number of carbonyl (C=O) groups is 2. The molecule has 1 fully saturated rings. The lowest BCUT2D eigenvalue weighted by molar-refractivity contribution is -0.134. The maximum Gasteiger partial charge on any atom is 0.250 e. The fraction of sp³-hybridized carbons (Fsp3) is 0.467. The maximum absolute atomic E-state index is 12.5. The van der Waals surface area contributed by atoms with Crippen molar-refractivity contribution in [3.63, 3.8) is 0 Å². The second kappa shape index (κ2) is 5.44. The minimum absolute atomic E-state index is 0.0199. The van der Waals surface area contributed by atoms with Gasteiger partial charge >= 0.3 is 0 Å². The summed E-state index contributed by atoms with van der Waals surface area (Å²) < 4.78 is 0. The zero-order chi connectivity index (χ0) is 15.0. The molecule has 20 heavy (non-hydrogen) atoms. The summed E-state index contributed by atoms with van der Waals surface area (Å²) in [6, 6.07) is 4.42. The van der Waals surface area contributed by atoms with E-state index in [-0.39, 0.29) is 17.7 Å². The van der Waals surface area contributed by atoms with Gasteiger partial charge in [0, 0.05) is 10.7 Å². The first-order valence-electron chi connectivity index (χ1n) is 6.72. The molecule has 2 rings (SSSR count). The minimum atomic E-state index is -0.516. The Morgan fingerprint density at radius 1 is 1.30 bits per heavy atom.